The fraction of sp³-hybridized carbons (Fsp3) is 0.174. The molecule has 0 radical (unpaired) electrons. The number of para-hydroxylation sites is 2. The number of aromatic nitrogens is 3. The third-order valence-corrected chi connectivity index (χ3v) is 4.99. The fourth-order valence-electron chi connectivity index (χ4n) is 3.24. The first kappa shape index (κ1) is 17.9. The molecular weight excluding hydrogens is 348 g/mol. The van der Waals surface area contributed by atoms with E-state index in [9.17, 15) is 4.79 Å². The number of rotatable bonds is 4. The van der Waals surface area contributed by atoms with Crippen molar-refractivity contribution in [2.45, 2.75) is 13.8 Å². The molecule has 0 bridgehead atoms. The molecule has 0 aliphatic heterocycles. The van der Waals surface area contributed by atoms with Crippen LogP contribution in [0.15, 0.2) is 67.0 Å². The molecular formula is C23H22N4O. The lowest BCUT2D eigenvalue weighted by Gasteiger charge is -2.17. The van der Waals surface area contributed by atoms with Gasteiger partial charge < -0.3 is 4.90 Å². The number of benzene rings is 2. The highest BCUT2D eigenvalue weighted by molar-refractivity contribution is 6.07. The molecule has 0 N–H and O–H groups in total. The molecule has 5 heteroatoms. The van der Waals surface area contributed by atoms with Gasteiger partial charge in [0.25, 0.3) is 5.91 Å². The van der Waals surface area contributed by atoms with Crippen molar-refractivity contribution in [1.29, 1.82) is 0 Å². The molecule has 2 heterocycles. The van der Waals surface area contributed by atoms with Crippen LogP contribution in [0.4, 0.5) is 0 Å². The monoisotopic (exact) mass is 370 g/mol. The van der Waals surface area contributed by atoms with Crippen molar-refractivity contribution in [1.82, 2.24) is 19.7 Å². The molecule has 4 aromatic rings. The lowest BCUT2D eigenvalue weighted by Crippen LogP contribution is -2.26. The van der Waals surface area contributed by atoms with E-state index in [0.29, 0.717) is 12.1 Å². The first-order valence-electron chi connectivity index (χ1n) is 9.34. The molecule has 0 atom stereocenters. The van der Waals surface area contributed by atoms with Crippen LogP contribution in [0.1, 0.15) is 22.8 Å². The number of fused-ring (bicyclic) bond motifs is 1. The molecule has 1 amide bonds. The van der Waals surface area contributed by atoms with E-state index in [2.05, 4.69) is 5.10 Å². The largest absolute Gasteiger partial charge is 0.342 e. The number of aryl methyl sites for hydroxylation is 1. The normalized spacial score (nSPS) is 11.0. The van der Waals surface area contributed by atoms with E-state index < -0.39 is 0 Å². The molecule has 2 aromatic carbocycles. The van der Waals surface area contributed by atoms with Crippen LogP contribution in [0, 0.1) is 6.92 Å². The predicted molar refractivity (Wildman–Crippen MR) is 112 cm³/mol. The summed E-state index contributed by atoms with van der Waals surface area (Å²) in [5, 5.41) is 5.35. The molecule has 0 aliphatic rings. The van der Waals surface area contributed by atoms with Crippen molar-refractivity contribution >= 4 is 16.8 Å². The Morgan fingerprint density at radius 2 is 1.89 bits per heavy atom. The molecule has 0 aliphatic carbocycles. The van der Waals surface area contributed by atoms with Crippen molar-refractivity contribution in [3.05, 3.63) is 78.1 Å². The number of nitrogens with zero attached hydrogens (tertiary/aromatic N) is 4. The van der Waals surface area contributed by atoms with Crippen LogP contribution in [-0.2, 0) is 0 Å². The maximum Gasteiger partial charge on any atom is 0.254 e. The Morgan fingerprint density at radius 3 is 2.64 bits per heavy atom. The summed E-state index contributed by atoms with van der Waals surface area (Å²) in [6.45, 7) is 4.64. The highest BCUT2D eigenvalue weighted by Crippen LogP contribution is 2.27. The lowest BCUT2D eigenvalue weighted by atomic mass is 10.0. The van der Waals surface area contributed by atoms with Crippen molar-refractivity contribution in [3.8, 4) is 16.9 Å². The molecule has 140 valence electrons. The van der Waals surface area contributed by atoms with E-state index in [-0.39, 0.29) is 5.91 Å². The summed E-state index contributed by atoms with van der Waals surface area (Å²) < 4.78 is 1.82. The first-order valence-corrected chi connectivity index (χ1v) is 9.34. The maximum absolute atomic E-state index is 13.0. The van der Waals surface area contributed by atoms with Crippen LogP contribution < -0.4 is 0 Å². The van der Waals surface area contributed by atoms with Crippen LogP contribution >= 0.6 is 0 Å². The molecule has 28 heavy (non-hydrogen) atoms. The van der Waals surface area contributed by atoms with Crippen LogP contribution in [0.25, 0.3) is 27.8 Å². The average Bonchev–Trinajstić information content (AvgIpc) is 3.23. The van der Waals surface area contributed by atoms with E-state index >= 15 is 0 Å². The van der Waals surface area contributed by atoms with Crippen LogP contribution in [0.2, 0.25) is 0 Å². The van der Waals surface area contributed by atoms with Crippen LogP contribution in [0.5, 0.6) is 0 Å². The van der Waals surface area contributed by atoms with Gasteiger partial charge in [0.2, 0.25) is 0 Å². The smallest absolute Gasteiger partial charge is 0.254 e. The summed E-state index contributed by atoms with van der Waals surface area (Å²) in [5.41, 5.74) is 5.16. The zero-order chi connectivity index (χ0) is 19.7. The lowest BCUT2D eigenvalue weighted by molar-refractivity contribution is 0.0804. The Bertz CT molecular complexity index is 1150. The second-order valence-electron chi connectivity index (χ2n) is 6.85. The fourth-order valence-corrected chi connectivity index (χ4v) is 3.24. The summed E-state index contributed by atoms with van der Waals surface area (Å²) in [6, 6.07) is 17.8. The Kier molecular flexibility index (Phi) is 4.65. The Morgan fingerprint density at radius 1 is 1.11 bits per heavy atom. The van der Waals surface area contributed by atoms with Gasteiger partial charge in [0.1, 0.15) is 0 Å². The third-order valence-electron chi connectivity index (χ3n) is 4.99. The molecule has 5 nitrogen and oxygen atoms in total. The number of hydrogen-bond acceptors (Lipinski definition) is 3. The summed E-state index contributed by atoms with van der Waals surface area (Å²) in [6.07, 6.45) is 3.73. The Balaban J connectivity index is 1.87. The van der Waals surface area contributed by atoms with Crippen molar-refractivity contribution in [2.24, 2.45) is 0 Å². The van der Waals surface area contributed by atoms with Gasteiger partial charge >= 0.3 is 0 Å². The molecule has 2 aromatic heterocycles. The number of pyridine rings is 1. The van der Waals surface area contributed by atoms with Gasteiger partial charge in [-0.05, 0) is 37.6 Å². The molecule has 0 spiro atoms. The Labute approximate surface area is 164 Å². The second-order valence-corrected chi connectivity index (χ2v) is 6.85. The number of carbonyl (C=O) groups excluding carboxylic acids is 1. The number of carbonyl (C=O) groups is 1. The van der Waals surface area contributed by atoms with Crippen molar-refractivity contribution < 1.29 is 4.79 Å². The zero-order valence-electron chi connectivity index (χ0n) is 16.3. The van der Waals surface area contributed by atoms with Crippen LogP contribution in [0.3, 0.4) is 0 Å². The van der Waals surface area contributed by atoms with E-state index in [0.717, 1.165) is 33.4 Å². The minimum atomic E-state index is -0.00259. The summed E-state index contributed by atoms with van der Waals surface area (Å²) >= 11 is 0. The summed E-state index contributed by atoms with van der Waals surface area (Å²) in [4.78, 5) is 19.6. The number of amides is 1. The highest BCUT2D eigenvalue weighted by Gasteiger charge is 2.18. The van der Waals surface area contributed by atoms with Crippen molar-refractivity contribution in [2.75, 3.05) is 13.6 Å². The second kappa shape index (κ2) is 7.27. The zero-order valence-corrected chi connectivity index (χ0v) is 16.3. The van der Waals surface area contributed by atoms with Gasteiger partial charge in [0, 0.05) is 30.7 Å². The van der Waals surface area contributed by atoms with E-state index in [4.69, 9.17) is 4.98 Å². The quantitative estimate of drug-likeness (QED) is 0.532. The summed E-state index contributed by atoms with van der Waals surface area (Å²) in [7, 11) is 1.82. The third kappa shape index (κ3) is 3.16. The SMILES string of the molecule is CCN(C)C(=O)c1cc(-c2cnn(-c3ccccc3)c2)nc2c(C)cccc12. The van der Waals surface area contributed by atoms with Gasteiger partial charge in [0.05, 0.1) is 28.7 Å². The minimum Gasteiger partial charge on any atom is -0.342 e. The molecule has 0 unspecified atom stereocenters. The molecule has 4 rings (SSSR count). The van der Waals surface area contributed by atoms with Gasteiger partial charge in [-0.3, -0.25) is 4.79 Å². The van der Waals surface area contributed by atoms with Gasteiger partial charge in [-0.2, -0.15) is 5.10 Å². The van der Waals surface area contributed by atoms with E-state index in [1.54, 1.807) is 11.1 Å². The predicted octanol–water partition coefficient (Wildman–Crippen LogP) is 4.49. The van der Waals surface area contributed by atoms with Crippen molar-refractivity contribution in [3.63, 3.8) is 0 Å². The van der Waals surface area contributed by atoms with Gasteiger partial charge in [-0.1, -0.05) is 36.4 Å². The molecule has 0 saturated heterocycles. The van der Waals surface area contributed by atoms with Crippen LogP contribution in [-0.4, -0.2) is 39.2 Å². The first-order chi connectivity index (χ1) is 13.6. The topological polar surface area (TPSA) is 51.0 Å². The van der Waals surface area contributed by atoms with Gasteiger partial charge in [-0.25, -0.2) is 9.67 Å². The summed E-state index contributed by atoms with van der Waals surface area (Å²) in [5.74, 6) is -0.00259. The Hall–Kier alpha value is -3.47. The average molecular weight is 370 g/mol. The molecule has 0 saturated carbocycles. The molecule has 0 fully saturated rings. The highest BCUT2D eigenvalue weighted by atomic mass is 16.2. The van der Waals surface area contributed by atoms with E-state index in [1.165, 1.54) is 0 Å². The number of hydrogen-bond donors (Lipinski definition) is 0. The maximum atomic E-state index is 13.0. The van der Waals surface area contributed by atoms with Gasteiger partial charge in [0.15, 0.2) is 0 Å². The standard InChI is InChI=1S/C23H22N4O/c1-4-26(3)23(28)20-13-21(25-22-16(2)9-8-12-19(20)22)17-14-24-27(15-17)18-10-6-5-7-11-18/h5-15H,4H2,1-3H3. The minimum absolute atomic E-state index is 0.00259. The van der Waals surface area contributed by atoms with Gasteiger partial charge in [-0.15, -0.1) is 0 Å². The van der Waals surface area contributed by atoms with E-state index in [1.807, 2.05) is 86.4 Å².